The van der Waals surface area contributed by atoms with Gasteiger partial charge in [-0.05, 0) is 74.7 Å². The maximum atomic E-state index is 13.6. The summed E-state index contributed by atoms with van der Waals surface area (Å²) in [5.74, 6) is -0.486. The molecule has 0 fully saturated rings. The maximum absolute atomic E-state index is 13.6. The third-order valence-corrected chi connectivity index (χ3v) is 6.24. The van der Waals surface area contributed by atoms with Crippen LogP contribution in [0.1, 0.15) is 30.5 Å². The summed E-state index contributed by atoms with van der Waals surface area (Å²) in [7, 11) is 0. The third-order valence-electron chi connectivity index (χ3n) is 6.24. The highest BCUT2D eigenvalue weighted by Crippen LogP contribution is 2.18. The molecule has 4 rings (SSSR count). The number of carbonyl (C=O) groups excluding carboxylic acids is 2. The molecule has 0 unspecified atom stereocenters. The number of fused-ring (bicyclic) bond motifs is 1. The van der Waals surface area contributed by atoms with Gasteiger partial charge < -0.3 is 10.6 Å². The van der Waals surface area contributed by atoms with Gasteiger partial charge in [-0.25, -0.2) is 9.36 Å². The van der Waals surface area contributed by atoms with Crippen molar-refractivity contribution in [3.63, 3.8) is 0 Å². The van der Waals surface area contributed by atoms with E-state index in [2.05, 4.69) is 10.6 Å². The van der Waals surface area contributed by atoms with E-state index < -0.39 is 11.2 Å². The molecule has 0 atom stereocenters. The number of rotatable bonds is 7. The highest BCUT2D eigenvalue weighted by Gasteiger charge is 2.17. The van der Waals surface area contributed by atoms with Crippen LogP contribution in [0.3, 0.4) is 0 Å². The smallest absolute Gasteiger partial charge is 0.336 e. The van der Waals surface area contributed by atoms with E-state index in [1.54, 1.807) is 48.5 Å². The number of nitrogens with one attached hydrogen (secondary N) is 2. The first-order valence-electron chi connectivity index (χ1n) is 12.1. The third kappa shape index (κ3) is 5.53. The van der Waals surface area contributed by atoms with Crippen LogP contribution >= 0.6 is 0 Å². The van der Waals surface area contributed by atoms with Crippen LogP contribution in [-0.2, 0) is 22.6 Å². The number of amides is 2. The standard InChI is InChI=1S/C29H30N4O4/c1-18(2)30-26(34)16-21-12-14-22(15-13-21)33-28(36)23-9-5-6-11-25(23)32(29(33)37)17-27(35)31-24-10-7-8-19(3)20(24)4/h5-15,18H,16-17H2,1-4H3,(H,30,34)(H,31,35). The Balaban J connectivity index is 1.71. The van der Waals surface area contributed by atoms with Crippen molar-refractivity contribution in [2.24, 2.45) is 0 Å². The summed E-state index contributed by atoms with van der Waals surface area (Å²) in [5, 5.41) is 6.04. The normalized spacial score (nSPS) is 11.1. The van der Waals surface area contributed by atoms with Crippen LogP contribution in [0.15, 0.2) is 76.3 Å². The summed E-state index contributed by atoms with van der Waals surface area (Å²) in [5.41, 5.74) is 3.06. The molecular formula is C29H30N4O4. The highest BCUT2D eigenvalue weighted by molar-refractivity contribution is 5.92. The molecule has 0 bridgehead atoms. The predicted octanol–water partition coefficient (Wildman–Crippen LogP) is 3.48. The molecule has 1 heterocycles. The SMILES string of the molecule is Cc1cccc(NC(=O)Cn2c(=O)n(-c3ccc(CC(=O)NC(C)C)cc3)c(=O)c3ccccc32)c1C. The molecule has 190 valence electrons. The summed E-state index contributed by atoms with van der Waals surface area (Å²) in [6.07, 6.45) is 0.188. The largest absolute Gasteiger partial charge is 0.354 e. The molecule has 37 heavy (non-hydrogen) atoms. The van der Waals surface area contributed by atoms with Crippen molar-refractivity contribution in [3.8, 4) is 5.69 Å². The van der Waals surface area contributed by atoms with E-state index in [0.29, 0.717) is 22.3 Å². The molecule has 2 N–H and O–H groups in total. The summed E-state index contributed by atoms with van der Waals surface area (Å²) >= 11 is 0. The lowest BCUT2D eigenvalue weighted by molar-refractivity contribution is -0.121. The number of nitrogens with zero attached hydrogens (tertiary/aromatic N) is 2. The quantitative estimate of drug-likeness (QED) is 0.407. The second-order valence-electron chi connectivity index (χ2n) is 9.39. The molecule has 0 aliphatic carbocycles. The van der Waals surface area contributed by atoms with E-state index in [-0.39, 0.29) is 30.8 Å². The maximum Gasteiger partial charge on any atom is 0.336 e. The van der Waals surface area contributed by atoms with Crippen molar-refractivity contribution >= 4 is 28.4 Å². The number of aromatic nitrogens is 2. The van der Waals surface area contributed by atoms with Crippen LogP contribution in [0.4, 0.5) is 5.69 Å². The number of benzene rings is 3. The predicted molar refractivity (Wildman–Crippen MR) is 145 cm³/mol. The molecule has 3 aromatic carbocycles. The zero-order valence-electron chi connectivity index (χ0n) is 21.4. The number of carbonyl (C=O) groups is 2. The highest BCUT2D eigenvalue weighted by atomic mass is 16.2. The molecule has 4 aromatic rings. The number of anilines is 1. The van der Waals surface area contributed by atoms with Gasteiger partial charge in [0.2, 0.25) is 11.8 Å². The van der Waals surface area contributed by atoms with Crippen molar-refractivity contribution < 1.29 is 9.59 Å². The van der Waals surface area contributed by atoms with Crippen molar-refractivity contribution in [1.29, 1.82) is 0 Å². The van der Waals surface area contributed by atoms with E-state index in [9.17, 15) is 19.2 Å². The van der Waals surface area contributed by atoms with Gasteiger partial charge in [0.1, 0.15) is 6.54 Å². The first kappa shape index (κ1) is 25.6. The van der Waals surface area contributed by atoms with E-state index >= 15 is 0 Å². The van der Waals surface area contributed by atoms with Crippen LogP contribution in [0.2, 0.25) is 0 Å². The second kappa shape index (κ2) is 10.7. The van der Waals surface area contributed by atoms with Gasteiger partial charge in [0.15, 0.2) is 0 Å². The van der Waals surface area contributed by atoms with Crippen LogP contribution in [-0.4, -0.2) is 27.0 Å². The Labute approximate surface area is 214 Å². The Morgan fingerprint density at radius 3 is 2.27 bits per heavy atom. The number of aryl methyl sites for hydroxylation is 1. The van der Waals surface area contributed by atoms with Gasteiger partial charge in [-0.3, -0.25) is 19.0 Å². The van der Waals surface area contributed by atoms with E-state index in [4.69, 9.17) is 0 Å². The molecule has 0 spiro atoms. The van der Waals surface area contributed by atoms with Crippen molar-refractivity contribution in [2.75, 3.05) is 5.32 Å². The number of para-hydroxylation sites is 1. The van der Waals surface area contributed by atoms with Gasteiger partial charge in [-0.15, -0.1) is 0 Å². The van der Waals surface area contributed by atoms with Crippen molar-refractivity contribution in [2.45, 2.75) is 46.7 Å². The fraction of sp³-hybridized carbons (Fsp3) is 0.241. The topological polar surface area (TPSA) is 102 Å². The second-order valence-corrected chi connectivity index (χ2v) is 9.39. The van der Waals surface area contributed by atoms with Gasteiger partial charge in [0.25, 0.3) is 5.56 Å². The lowest BCUT2D eigenvalue weighted by Gasteiger charge is -2.15. The molecule has 2 amide bonds. The molecule has 8 nitrogen and oxygen atoms in total. The Morgan fingerprint density at radius 1 is 0.865 bits per heavy atom. The minimum atomic E-state index is -0.620. The Bertz CT molecular complexity index is 1600. The molecule has 0 aliphatic rings. The lowest BCUT2D eigenvalue weighted by Crippen LogP contribution is -2.40. The first-order chi connectivity index (χ1) is 17.7. The molecule has 1 aromatic heterocycles. The van der Waals surface area contributed by atoms with Gasteiger partial charge >= 0.3 is 5.69 Å². The average Bonchev–Trinajstić information content (AvgIpc) is 2.85. The van der Waals surface area contributed by atoms with Crippen LogP contribution < -0.4 is 21.9 Å². The van der Waals surface area contributed by atoms with E-state index in [1.165, 1.54) is 4.57 Å². The Morgan fingerprint density at radius 2 is 1.57 bits per heavy atom. The summed E-state index contributed by atoms with van der Waals surface area (Å²) in [4.78, 5) is 52.0. The van der Waals surface area contributed by atoms with Crippen LogP contribution in [0, 0.1) is 13.8 Å². The van der Waals surface area contributed by atoms with E-state index in [0.717, 1.165) is 21.3 Å². The minimum absolute atomic E-state index is 0.0356. The number of hydrogen-bond acceptors (Lipinski definition) is 4. The van der Waals surface area contributed by atoms with Gasteiger partial charge in [-0.2, -0.15) is 0 Å². The molecule has 0 saturated heterocycles. The van der Waals surface area contributed by atoms with Gasteiger partial charge in [-0.1, -0.05) is 36.4 Å². The van der Waals surface area contributed by atoms with Crippen LogP contribution in [0.5, 0.6) is 0 Å². The monoisotopic (exact) mass is 498 g/mol. The summed E-state index contributed by atoms with van der Waals surface area (Å²) in [6.45, 7) is 7.39. The zero-order valence-corrected chi connectivity index (χ0v) is 21.4. The molecular weight excluding hydrogens is 468 g/mol. The first-order valence-corrected chi connectivity index (χ1v) is 12.1. The fourth-order valence-electron chi connectivity index (χ4n) is 4.24. The number of hydrogen-bond donors (Lipinski definition) is 2. The molecule has 0 saturated carbocycles. The minimum Gasteiger partial charge on any atom is -0.354 e. The molecule has 0 radical (unpaired) electrons. The zero-order chi connectivity index (χ0) is 26.7. The van der Waals surface area contributed by atoms with Gasteiger partial charge in [0.05, 0.1) is 23.0 Å². The van der Waals surface area contributed by atoms with Crippen molar-refractivity contribution in [1.82, 2.24) is 14.5 Å². The fourth-order valence-corrected chi connectivity index (χ4v) is 4.24. The van der Waals surface area contributed by atoms with Crippen molar-refractivity contribution in [3.05, 3.63) is 104 Å². The molecule has 8 heteroatoms. The molecule has 0 aliphatic heterocycles. The Kier molecular flexibility index (Phi) is 7.38. The lowest BCUT2D eigenvalue weighted by atomic mass is 10.1. The summed E-state index contributed by atoms with van der Waals surface area (Å²) in [6, 6.07) is 19.1. The van der Waals surface area contributed by atoms with Crippen LogP contribution in [0.25, 0.3) is 16.6 Å². The average molecular weight is 499 g/mol. The summed E-state index contributed by atoms with van der Waals surface area (Å²) < 4.78 is 2.37. The van der Waals surface area contributed by atoms with E-state index in [1.807, 2.05) is 45.9 Å². The Hall–Kier alpha value is -4.46. The van der Waals surface area contributed by atoms with Gasteiger partial charge in [0, 0.05) is 11.7 Å².